The van der Waals surface area contributed by atoms with E-state index in [9.17, 15) is 4.79 Å². The molecule has 0 saturated carbocycles. The van der Waals surface area contributed by atoms with Crippen LogP contribution in [0.4, 0.5) is 0 Å². The zero-order valence-electron chi connectivity index (χ0n) is 16.5. The van der Waals surface area contributed by atoms with E-state index in [-0.39, 0.29) is 18.4 Å². The summed E-state index contributed by atoms with van der Waals surface area (Å²) in [4.78, 5) is 12.6. The van der Waals surface area contributed by atoms with Gasteiger partial charge in [-0.25, -0.2) is 0 Å². The number of methoxy groups -OCH3 is 1. The third kappa shape index (κ3) is 4.16. The van der Waals surface area contributed by atoms with Crippen molar-refractivity contribution < 1.29 is 13.9 Å². The molecule has 1 amide bonds. The molecule has 0 unspecified atom stereocenters. The number of carbonyl (C=O) groups excluding carboxylic acids is 1. The molecule has 4 heteroatoms. The van der Waals surface area contributed by atoms with Crippen LogP contribution in [0.3, 0.4) is 0 Å². The molecule has 0 aliphatic carbocycles. The average molecular weight is 385 g/mol. The average Bonchev–Trinajstić information content (AvgIpc) is 3.16. The normalized spacial score (nSPS) is 11.9. The monoisotopic (exact) mass is 385 g/mol. The van der Waals surface area contributed by atoms with Gasteiger partial charge in [-0.1, -0.05) is 54.6 Å². The Labute approximate surface area is 170 Å². The molecule has 1 atom stereocenters. The van der Waals surface area contributed by atoms with E-state index in [1.165, 1.54) is 5.56 Å². The van der Waals surface area contributed by atoms with Crippen molar-refractivity contribution in [1.29, 1.82) is 0 Å². The Hall–Kier alpha value is -3.53. The molecule has 1 N–H and O–H groups in total. The fourth-order valence-electron chi connectivity index (χ4n) is 3.47. The molecule has 3 aromatic carbocycles. The Balaban J connectivity index is 1.42. The standard InChI is InChI=1S/C25H23NO3/c1-17(18-8-10-20(11-9-18)19-6-4-3-5-7-19)26-25(27)14-21-16-29-24-15-22(28-2)12-13-23(21)24/h3-13,15-17H,14H2,1-2H3,(H,26,27)/t17-/m1/s1. The summed E-state index contributed by atoms with van der Waals surface area (Å²) >= 11 is 0. The fraction of sp³-hybridized carbons (Fsp3) is 0.160. The molecule has 0 radical (unpaired) electrons. The van der Waals surface area contributed by atoms with Gasteiger partial charge in [-0.15, -0.1) is 0 Å². The van der Waals surface area contributed by atoms with Gasteiger partial charge < -0.3 is 14.5 Å². The molecule has 4 rings (SSSR count). The van der Waals surface area contributed by atoms with E-state index in [1.807, 2.05) is 43.3 Å². The van der Waals surface area contributed by atoms with E-state index in [0.29, 0.717) is 0 Å². The van der Waals surface area contributed by atoms with Crippen molar-refractivity contribution in [3.05, 3.63) is 90.2 Å². The van der Waals surface area contributed by atoms with Gasteiger partial charge in [0.25, 0.3) is 0 Å². The van der Waals surface area contributed by atoms with Crippen LogP contribution in [-0.2, 0) is 11.2 Å². The first kappa shape index (κ1) is 18.8. The number of rotatable bonds is 6. The third-order valence-electron chi connectivity index (χ3n) is 5.11. The predicted octanol–water partition coefficient (Wildman–Crippen LogP) is 5.53. The number of nitrogens with one attached hydrogen (secondary N) is 1. The Kier molecular flexibility index (Phi) is 5.34. The zero-order chi connectivity index (χ0) is 20.2. The number of benzene rings is 3. The summed E-state index contributed by atoms with van der Waals surface area (Å²) in [5.74, 6) is 0.693. The lowest BCUT2D eigenvalue weighted by molar-refractivity contribution is -0.121. The molecule has 29 heavy (non-hydrogen) atoms. The van der Waals surface area contributed by atoms with E-state index in [0.717, 1.165) is 33.4 Å². The maximum absolute atomic E-state index is 12.6. The minimum absolute atomic E-state index is 0.0387. The van der Waals surface area contributed by atoms with Crippen molar-refractivity contribution in [2.75, 3.05) is 7.11 Å². The number of hydrogen-bond acceptors (Lipinski definition) is 3. The van der Waals surface area contributed by atoms with Crippen molar-refractivity contribution in [3.8, 4) is 16.9 Å². The molecule has 1 aromatic heterocycles. The summed E-state index contributed by atoms with van der Waals surface area (Å²) in [7, 11) is 1.62. The lowest BCUT2D eigenvalue weighted by atomic mass is 10.0. The van der Waals surface area contributed by atoms with Crippen LogP contribution in [0, 0.1) is 0 Å². The summed E-state index contributed by atoms with van der Waals surface area (Å²) < 4.78 is 10.8. The molecule has 146 valence electrons. The molecular formula is C25H23NO3. The lowest BCUT2D eigenvalue weighted by Gasteiger charge is -2.15. The number of ether oxygens (including phenoxy) is 1. The maximum Gasteiger partial charge on any atom is 0.225 e. The highest BCUT2D eigenvalue weighted by Gasteiger charge is 2.14. The van der Waals surface area contributed by atoms with Gasteiger partial charge in [0.1, 0.15) is 11.3 Å². The van der Waals surface area contributed by atoms with Crippen LogP contribution >= 0.6 is 0 Å². The highest BCUT2D eigenvalue weighted by molar-refractivity contribution is 5.88. The van der Waals surface area contributed by atoms with Gasteiger partial charge in [0.05, 0.1) is 25.8 Å². The predicted molar refractivity (Wildman–Crippen MR) is 115 cm³/mol. The summed E-state index contributed by atoms with van der Waals surface area (Å²) in [6.45, 7) is 1.99. The van der Waals surface area contributed by atoms with Crippen LogP contribution in [0.2, 0.25) is 0 Å². The van der Waals surface area contributed by atoms with Crippen molar-refractivity contribution >= 4 is 16.9 Å². The van der Waals surface area contributed by atoms with Gasteiger partial charge in [-0.05, 0) is 35.7 Å². The van der Waals surface area contributed by atoms with Crippen LogP contribution in [0.25, 0.3) is 22.1 Å². The van der Waals surface area contributed by atoms with Gasteiger partial charge in [-0.2, -0.15) is 0 Å². The largest absolute Gasteiger partial charge is 0.497 e. The molecule has 4 aromatic rings. The number of amides is 1. The maximum atomic E-state index is 12.6. The molecular weight excluding hydrogens is 362 g/mol. The van der Waals surface area contributed by atoms with Gasteiger partial charge in [0.15, 0.2) is 0 Å². The summed E-state index contributed by atoms with van der Waals surface area (Å²) in [6, 6.07) is 24.1. The molecule has 1 heterocycles. The second-order valence-electron chi connectivity index (χ2n) is 7.08. The highest BCUT2D eigenvalue weighted by atomic mass is 16.5. The molecule has 4 nitrogen and oxygen atoms in total. The van der Waals surface area contributed by atoms with E-state index >= 15 is 0 Å². The van der Waals surface area contributed by atoms with Crippen LogP contribution in [-0.4, -0.2) is 13.0 Å². The molecule has 0 saturated heterocycles. The van der Waals surface area contributed by atoms with Gasteiger partial charge in [0, 0.05) is 17.0 Å². The van der Waals surface area contributed by atoms with Crippen molar-refractivity contribution in [1.82, 2.24) is 5.32 Å². The lowest BCUT2D eigenvalue weighted by Crippen LogP contribution is -2.28. The van der Waals surface area contributed by atoms with Crippen molar-refractivity contribution in [3.63, 3.8) is 0 Å². The van der Waals surface area contributed by atoms with E-state index < -0.39 is 0 Å². The van der Waals surface area contributed by atoms with Crippen molar-refractivity contribution in [2.24, 2.45) is 0 Å². The minimum Gasteiger partial charge on any atom is -0.497 e. The van der Waals surface area contributed by atoms with Gasteiger partial charge in [0.2, 0.25) is 5.91 Å². The first-order valence-electron chi connectivity index (χ1n) is 9.63. The minimum atomic E-state index is -0.0782. The summed E-state index contributed by atoms with van der Waals surface area (Å²) in [5, 5.41) is 4.01. The van der Waals surface area contributed by atoms with Gasteiger partial charge >= 0.3 is 0 Å². The Morgan fingerprint density at radius 1 is 1.00 bits per heavy atom. The van der Waals surface area contributed by atoms with E-state index in [4.69, 9.17) is 9.15 Å². The first-order chi connectivity index (χ1) is 14.1. The molecule has 0 aliphatic heterocycles. The highest BCUT2D eigenvalue weighted by Crippen LogP contribution is 2.26. The molecule has 0 aliphatic rings. The van der Waals surface area contributed by atoms with Crippen LogP contribution in [0.1, 0.15) is 24.1 Å². The number of carbonyl (C=O) groups is 1. The SMILES string of the molecule is COc1ccc2c(CC(=O)N[C@H](C)c3ccc(-c4ccccc4)cc3)coc2c1. The second kappa shape index (κ2) is 8.23. The summed E-state index contributed by atoms with van der Waals surface area (Å²) in [6.07, 6.45) is 1.91. The van der Waals surface area contributed by atoms with E-state index in [2.05, 4.69) is 41.7 Å². The Bertz CT molecular complexity index is 1110. The van der Waals surface area contributed by atoms with E-state index in [1.54, 1.807) is 13.4 Å². The summed E-state index contributed by atoms with van der Waals surface area (Å²) in [5.41, 5.74) is 5.00. The van der Waals surface area contributed by atoms with Crippen molar-refractivity contribution in [2.45, 2.75) is 19.4 Å². The number of hydrogen-bond donors (Lipinski definition) is 1. The first-order valence-corrected chi connectivity index (χ1v) is 9.63. The molecule has 0 bridgehead atoms. The quantitative estimate of drug-likeness (QED) is 0.475. The topological polar surface area (TPSA) is 51.5 Å². The number of furan rings is 1. The Morgan fingerprint density at radius 2 is 1.72 bits per heavy atom. The van der Waals surface area contributed by atoms with Crippen LogP contribution < -0.4 is 10.1 Å². The second-order valence-corrected chi connectivity index (χ2v) is 7.08. The van der Waals surface area contributed by atoms with Gasteiger partial charge in [-0.3, -0.25) is 4.79 Å². The number of fused-ring (bicyclic) bond motifs is 1. The smallest absolute Gasteiger partial charge is 0.225 e. The third-order valence-corrected chi connectivity index (χ3v) is 5.11. The zero-order valence-corrected chi connectivity index (χ0v) is 16.5. The van der Waals surface area contributed by atoms with Crippen LogP contribution in [0.15, 0.2) is 83.5 Å². The van der Waals surface area contributed by atoms with Crippen LogP contribution in [0.5, 0.6) is 5.75 Å². The Morgan fingerprint density at radius 3 is 2.45 bits per heavy atom. The fourth-order valence-corrected chi connectivity index (χ4v) is 3.47. The molecule has 0 fully saturated rings. The molecule has 0 spiro atoms.